The predicted molar refractivity (Wildman–Crippen MR) is 83.3 cm³/mol. The van der Waals surface area contributed by atoms with Crippen molar-refractivity contribution in [2.45, 2.75) is 33.2 Å². The van der Waals surface area contributed by atoms with Gasteiger partial charge in [0.1, 0.15) is 5.65 Å². The molecule has 0 aliphatic rings. The molecule has 5 heteroatoms. The van der Waals surface area contributed by atoms with Gasteiger partial charge < -0.3 is 10.4 Å². The van der Waals surface area contributed by atoms with Gasteiger partial charge in [-0.2, -0.15) is 0 Å². The van der Waals surface area contributed by atoms with Crippen LogP contribution in [0.15, 0.2) is 35.3 Å². The highest BCUT2D eigenvalue weighted by molar-refractivity contribution is 5.37. The number of fused-ring (bicyclic) bond motifs is 1. The molecular weight excluding hydrogens is 266 g/mol. The predicted octanol–water partition coefficient (Wildman–Crippen LogP) is 1.58. The number of pyridine rings is 1. The lowest BCUT2D eigenvalue weighted by molar-refractivity contribution is 0.113. The van der Waals surface area contributed by atoms with Crippen LogP contribution < -0.4 is 10.9 Å². The average Bonchev–Trinajstić information content (AvgIpc) is 2.52. The van der Waals surface area contributed by atoms with Crippen molar-refractivity contribution in [1.82, 2.24) is 14.7 Å². The highest BCUT2D eigenvalue weighted by atomic mass is 16.3. The van der Waals surface area contributed by atoms with Gasteiger partial charge in [-0.05, 0) is 25.0 Å². The second-order valence-electron chi connectivity index (χ2n) is 5.48. The van der Waals surface area contributed by atoms with E-state index in [4.69, 9.17) is 0 Å². The van der Waals surface area contributed by atoms with Crippen LogP contribution in [0.1, 0.15) is 32.4 Å². The molecular formula is C16H23N3O2. The summed E-state index contributed by atoms with van der Waals surface area (Å²) in [4.78, 5) is 16.5. The average molecular weight is 289 g/mol. The van der Waals surface area contributed by atoms with Crippen LogP contribution in [0.5, 0.6) is 0 Å². The third kappa shape index (κ3) is 3.49. The van der Waals surface area contributed by atoms with E-state index in [1.165, 1.54) is 4.40 Å². The Labute approximate surface area is 124 Å². The summed E-state index contributed by atoms with van der Waals surface area (Å²) in [5.74, 6) is 0. The van der Waals surface area contributed by atoms with Gasteiger partial charge in [0.05, 0.1) is 5.69 Å². The van der Waals surface area contributed by atoms with E-state index < -0.39 is 0 Å². The fourth-order valence-electron chi connectivity index (χ4n) is 2.43. The molecule has 0 amide bonds. The number of nitrogens with zero attached hydrogens (tertiary/aromatic N) is 2. The van der Waals surface area contributed by atoms with Crippen LogP contribution in [-0.4, -0.2) is 27.6 Å². The quantitative estimate of drug-likeness (QED) is 0.812. The van der Waals surface area contributed by atoms with Gasteiger partial charge in [-0.15, -0.1) is 0 Å². The second kappa shape index (κ2) is 6.83. The molecule has 0 bridgehead atoms. The van der Waals surface area contributed by atoms with Crippen molar-refractivity contribution >= 4 is 5.65 Å². The fourth-order valence-corrected chi connectivity index (χ4v) is 2.43. The summed E-state index contributed by atoms with van der Waals surface area (Å²) in [5, 5.41) is 12.9. The van der Waals surface area contributed by atoms with E-state index in [1.807, 2.05) is 18.2 Å². The van der Waals surface area contributed by atoms with Crippen LogP contribution in [0.4, 0.5) is 0 Å². The number of aliphatic hydroxyl groups excluding tert-OH is 1. The summed E-state index contributed by atoms with van der Waals surface area (Å²) in [6, 6.07) is 7.05. The van der Waals surface area contributed by atoms with E-state index in [0.29, 0.717) is 18.7 Å². The molecule has 0 saturated heterocycles. The minimum Gasteiger partial charge on any atom is -0.396 e. The van der Waals surface area contributed by atoms with Crippen molar-refractivity contribution in [3.05, 3.63) is 46.5 Å². The molecule has 21 heavy (non-hydrogen) atoms. The van der Waals surface area contributed by atoms with Crippen molar-refractivity contribution in [3.63, 3.8) is 0 Å². The largest absolute Gasteiger partial charge is 0.396 e. The summed E-state index contributed by atoms with van der Waals surface area (Å²) in [5.41, 5.74) is 1.22. The minimum absolute atomic E-state index is 0.0724. The van der Waals surface area contributed by atoms with E-state index >= 15 is 0 Å². The second-order valence-corrected chi connectivity index (χ2v) is 5.48. The van der Waals surface area contributed by atoms with Gasteiger partial charge in [0.2, 0.25) is 0 Å². The van der Waals surface area contributed by atoms with Crippen LogP contribution in [0.3, 0.4) is 0 Å². The van der Waals surface area contributed by atoms with Crippen molar-refractivity contribution in [1.29, 1.82) is 0 Å². The van der Waals surface area contributed by atoms with Gasteiger partial charge in [0, 0.05) is 37.4 Å². The first-order valence-electron chi connectivity index (χ1n) is 7.43. The number of rotatable bonds is 7. The monoisotopic (exact) mass is 289 g/mol. The number of nitrogens with one attached hydrogen (secondary N) is 1. The van der Waals surface area contributed by atoms with E-state index in [0.717, 1.165) is 18.5 Å². The first kappa shape index (κ1) is 15.7. The maximum absolute atomic E-state index is 12.0. The smallest absolute Gasteiger partial charge is 0.258 e. The van der Waals surface area contributed by atoms with Crippen LogP contribution in [0.25, 0.3) is 5.65 Å². The Morgan fingerprint density at radius 1 is 1.33 bits per heavy atom. The van der Waals surface area contributed by atoms with E-state index in [-0.39, 0.29) is 17.6 Å². The highest BCUT2D eigenvalue weighted by Gasteiger charge is 2.24. The molecule has 2 aromatic heterocycles. The van der Waals surface area contributed by atoms with Crippen molar-refractivity contribution in [3.8, 4) is 0 Å². The summed E-state index contributed by atoms with van der Waals surface area (Å²) in [7, 11) is 0. The molecule has 0 aliphatic heterocycles. The van der Waals surface area contributed by atoms with Gasteiger partial charge in [0.15, 0.2) is 0 Å². The Bertz CT molecular complexity index is 639. The molecule has 0 radical (unpaired) electrons. The summed E-state index contributed by atoms with van der Waals surface area (Å²) in [6.07, 6.45) is 3.55. The van der Waals surface area contributed by atoms with Crippen molar-refractivity contribution in [2.75, 3.05) is 13.2 Å². The Morgan fingerprint density at radius 3 is 2.76 bits per heavy atom. The standard InChI is InChI=1S/C16H23N3O2/c1-3-16(4-2,12-20)11-17-10-13-9-15(21)19-8-6-5-7-14(19)18-13/h5-9,17,20H,3-4,10-12H2,1-2H3. The SMILES string of the molecule is CCC(CC)(CO)CNCc1cc(=O)n2ccccc2n1. The lowest BCUT2D eigenvalue weighted by Gasteiger charge is -2.29. The third-order valence-corrected chi connectivity index (χ3v) is 4.27. The topological polar surface area (TPSA) is 66.6 Å². The molecule has 0 aliphatic carbocycles. The molecule has 2 aromatic rings. The molecule has 2 N–H and O–H groups in total. The van der Waals surface area contributed by atoms with Crippen LogP contribution in [-0.2, 0) is 6.54 Å². The maximum Gasteiger partial charge on any atom is 0.258 e. The number of aliphatic hydroxyl groups is 1. The molecule has 0 saturated carbocycles. The Kier molecular flexibility index (Phi) is 5.09. The molecule has 0 spiro atoms. The lowest BCUT2D eigenvalue weighted by atomic mass is 9.83. The third-order valence-electron chi connectivity index (χ3n) is 4.27. The summed E-state index contributed by atoms with van der Waals surface area (Å²) >= 11 is 0. The molecule has 0 unspecified atom stereocenters. The molecule has 5 nitrogen and oxygen atoms in total. The molecule has 0 fully saturated rings. The van der Waals surface area contributed by atoms with Gasteiger partial charge in [-0.3, -0.25) is 9.20 Å². The summed E-state index contributed by atoms with van der Waals surface area (Å²) < 4.78 is 1.53. The number of hydrogen-bond donors (Lipinski definition) is 2. The van der Waals surface area contributed by atoms with Crippen molar-refractivity contribution in [2.24, 2.45) is 5.41 Å². The summed E-state index contributed by atoms with van der Waals surface area (Å²) in [6.45, 7) is 5.58. The molecule has 114 valence electrons. The van der Waals surface area contributed by atoms with Gasteiger partial charge >= 0.3 is 0 Å². The zero-order chi connectivity index (χ0) is 15.3. The minimum atomic E-state index is -0.0914. The van der Waals surface area contributed by atoms with E-state index in [9.17, 15) is 9.90 Å². The molecule has 2 rings (SSSR count). The van der Waals surface area contributed by atoms with E-state index in [2.05, 4.69) is 24.1 Å². The van der Waals surface area contributed by atoms with Crippen LogP contribution in [0, 0.1) is 5.41 Å². The van der Waals surface area contributed by atoms with Crippen LogP contribution >= 0.6 is 0 Å². The first-order valence-corrected chi connectivity index (χ1v) is 7.43. The first-order chi connectivity index (χ1) is 10.1. The van der Waals surface area contributed by atoms with Crippen LogP contribution in [0.2, 0.25) is 0 Å². The Balaban J connectivity index is 2.09. The maximum atomic E-state index is 12.0. The zero-order valence-electron chi connectivity index (χ0n) is 12.7. The fraction of sp³-hybridized carbons (Fsp3) is 0.500. The van der Waals surface area contributed by atoms with E-state index in [1.54, 1.807) is 12.3 Å². The Hall–Kier alpha value is -1.72. The van der Waals surface area contributed by atoms with Crippen molar-refractivity contribution < 1.29 is 5.11 Å². The normalized spacial score (nSPS) is 12.0. The molecule has 0 aromatic carbocycles. The van der Waals surface area contributed by atoms with Gasteiger partial charge in [0.25, 0.3) is 5.56 Å². The number of hydrogen-bond acceptors (Lipinski definition) is 4. The van der Waals surface area contributed by atoms with Gasteiger partial charge in [-0.25, -0.2) is 4.98 Å². The molecule has 2 heterocycles. The number of aromatic nitrogens is 2. The zero-order valence-corrected chi connectivity index (χ0v) is 12.7. The Morgan fingerprint density at radius 2 is 2.10 bits per heavy atom. The molecule has 0 atom stereocenters. The van der Waals surface area contributed by atoms with Gasteiger partial charge in [-0.1, -0.05) is 19.9 Å². The highest BCUT2D eigenvalue weighted by Crippen LogP contribution is 2.24. The lowest BCUT2D eigenvalue weighted by Crippen LogP contribution is -2.36.